The SMILES string of the molecule is Cn1cc(CN(c2cc(C3CCOC3)nc(N)n2)C2CC2)cn1. The van der Waals surface area contributed by atoms with Gasteiger partial charge < -0.3 is 15.4 Å². The fourth-order valence-corrected chi connectivity index (χ4v) is 3.13. The van der Waals surface area contributed by atoms with Crippen LogP contribution in [0, 0.1) is 0 Å². The van der Waals surface area contributed by atoms with Gasteiger partial charge in [-0.2, -0.15) is 10.1 Å². The number of anilines is 2. The average molecular weight is 314 g/mol. The second kappa shape index (κ2) is 5.81. The minimum atomic E-state index is 0.332. The Morgan fingerprint density at radius 1 is 1.35 bits per heavy atom. The molecule has 3 heterocycles. The predicted molar refractivity (Wildman–Crippen MR) is 87.0 cm³/mol. The molecule has 0 aromatic carbocycles. The fourth-order valence-electron chi connectivity index (χ4n) is 3.13. The number of nitrogens with two attached hydrogens (primary N) is 1. The van der Waals surface area contributed by atoms with Gasteiger partial charge in [-0.15, -0.1) is 0 Å². The maximum atomic E-state index is 5.98. The number of aryl methyl sites for hydroxylation is 1. The van der Waals surface area contributed by atoms with E-state index in [4.69, 9.17) is 10.5 Å². The van der Waals surface area contributed by atoms with Crippen LogP contribution < -0.4 is 10.6 Å². The lowest BCUT2D eigenvalue weighted by Crippen LogP contribution is -2.26. The van der Waals surface area contributed by atoms with Crippen LogP contribution in [0.2, 0.25) is 0 Å². The van der Waals surface area contributed by atoms with Crippen molar-refractivity contribution in [3.63, 3.8) is 0 Å². The molecule has 23 heavy (non-hydrogen) atoms. The van der Waals surface area contributed by atoms with E-state index in [2.05, 4.69) is 26.0 Å². The third kappa shape index (κ3) is 3.14. The third-order valence-electron chi connectivity index (χ3n) is 4.49. The zero-order valence-corrected chi connectivity index (χ0v) is 13.4. The van der Waals surface area contributed by atoms with Crippen LogP contribution in [0.25, 0.3) is 0 Å². The van der Waals surface area contributed by atoms with Gasteiger partial charge in [-0.1, -0.05) is 0 Å². The van der Waals surface area contributed by atoms with E-state index < -0.39 is 0 Å². The molecule has 1 aliphatic carbocycles. The van der Waals surface area contributed by atoms with Crippen molar-refractivity contribution < 1.29 is 4.74 Å². The van der Waals surface area contributed by atoms with Crippen molar-refractivity contribution in [1.82, 2.24) is 19.7 Å². The highest BCUT2D eigenvalue weighted by Crippen LogP contribution is 2.34. The quantitative estimate of drug-likeness (QED) is 0.900. The number of aromatic nitrogens is 4. The summed E-state index contributed by atoms with van der Waals surface area (Å²) in [6, 6.07) is 2.63. The van der Waals surface area contributed by atoms with E-state index in [1.807, 2.05) is 24.1 Å². The van der Waals surface area contributed by atoms with Crippen molar-refractivity contribution in [2.24, 2.45) is 7.05 Å². The topological polar surface area (TPSA) is 82.1 Å². The van der Waals surface area contributed by atoms with Gasteiger partial charge in [-0.25, -0.2) is 4.98 Å². The fraction of sp³-hybridized carbons (Fsp3) is 0.562. The molecule has 1 saturated carbocycles. The van der Waals surface area contributed by atoms with E-state index in [0.29, 0.717) is 17.9 Å². The average Bonchev–Trinajstić information content (AvgIpc) is 3.05. The van der Waals surface area contributed by atoms with Gasteiger partial charge in [0.05, 0.1) is 18.5 Å². The molecular weight excluding hydrogens is 292 g/mol. The summed E-state index contributed by atoms with van der Waals surface area (Å²) in [5.41, 5.74) is 8.16. The highest BCUT2D eigenvalue weighted by Gasteiger charge is 2.31. The lowest BCUT2D eigenvalue weighted by molar-refractivity contribution is 0.193. The van der Waals surface area contributed by atoms with Crippen LogP contribution in [-0.4, -0.2) is 39.0 Å². The van der Waals surface area contributed by atoms with Crippen molar-refractivity contribution in [1.29, 1.82) is 0 Å². The maximum absolute atomic E-state index is 5.98. The van der Waals surface area contributed by atoms with Gasteiger partial charge >= 0.3 is 0 Å². The van der Waals surface area contributed by atoms with Gasteiger partial charge in [0.1, 0.15) is 5.82 Å². The molecule has 2 aliphatic rings. The Labute approximate surface area is 135 Å². The molecule has 2 fully saturated rings. The standard InChI is InChI=1S/C16H22N6O/c1-21-8-11(7-18-21)9-22(13-2-3-13)15-6-14(19-16(17)20-15)12-4-5-23-10-12/h6-8,12-13H,2-5,9-10H2,1H3,(H2,17,19,20). The smallest absolute Gasteiger partial charge is 0.222 e. The van der Waals surface area contributed by atoms with Gasteiger partial charge in [-0.3, -0.25) is 4.68 Å². The summed E-state index contributed by atoms with van der Waals surface area (Å²) in [5, 5.41) is 4.26. The van der Waals surface area contributed by atoms with Gasteiger partial charge in [0.2, 0.25) is 5.95 Å². The van der Waals surface area contributed by atoms with E-state index in [9.17, 15) is 0 Å². The molecule has 7 heteroatoms. The van der Waals surface area contributed by atoms with E-state index in [-0.39, 0.29) is 0 Å². The van der Waals surface area contributed by atoms with E-state index in [1.54, 1.807) is 0 Å². The molecule has 1 unspecified atom stereocenters. The zero-order valence-electron chi connectivity index (χ0n) is 13.4. The van der Waals surface area contributed by atoms with E-state index in [1.165, 1.54) is 18.4 Å². The number of nitrogen functional groups attached to an aromatic ring is 1. The predicted octanol–water partition coefficient (Wildman–Crippen LogP) is 1.47. The molecular formula is C16H22N6O. The van der Waals surface area contributed by atoms with E-state index in [0.717, 1.165) is 37.7 Å². The van der Waals surface area contributed by atoms with Gasteiger partial charge in [0, 0.05) is 50.0 Å². The van der Waals surface area contributed by atoms with Crippen LogP contribution >= 0.6 is 0 Å². The molecule has 1 aliphatic heterocycles. The summed E-state index contributed by atoms with van der Waals surface area (Å²) in [5.74, 6) is 1.60. The second-order valence-corrected chi connectivity index (χ2v) is 6.45. The Balaban J connectivity index is 1.62. The summed E-state index contributed by atoms with van der Waals surface area (Å²) in [7, 11) is 1.94. The van der Waals surface area contributed by atoms with Crippen LogP contribution in [0.4, 0.5) is 11.8 Å². The third-order valence-corrected chi connectivity index (χ3v) is 4.49. The minimum Gasteiger partial charge on any atom is -0.381 e. The van der Waals surface area contributed by atoms with Gasteiger partial charge in [-0.05, 0) is 19.3 Å². The van der Waals surface area contributed by atoms with Crippen molar-refractivity contribution in [2.45, 2.75) is 37.8 Å². The summed E-state index contributed by atoms with van der Waals surface area (Å²) in [4.78, 5) is 11.3. The first-order chi connectivity index (χ1) is 11.2. The molecule has 2 aromatic heterocycles. The number of nitrogens with zero attached hydrogens (tertiary/aromatic N) is 5. The van der Waals surface area contributed by atoms with Crippen LogP contribution in [0.1, 0.15) is 36.4 Å². The maximum Gasteiger partial charge on any atom is 0.222 e. The number of hydrogen-bond acceptors (Lipinski definition) is 6. The zero-order chi connectivity index (χ0) is 15.8. The Morgan fingerprint density at radius 2 is 2.22 bits per heavy atom. The Morgan fingerprint density at radius 3 is 2.87 bits per heavy atom. The summed E-state index contributed by atoms with van der Waals surface area (Å²) in [6.07, 6.45) is 7.36. The summed E-state index contributed by atoms with van der Waals surface area (Å²) >= 11 is 0. The number of hydrogen-bond donors (Lipinski definition) is 1. The Bertz CT molecular complexity index is 690. The van der Waals surface area contributed by atoms with Crippen molar-refractivity contribution in [3.8, 4) is 0 Å². The molecule has 1 saturated heterocycles. The Kier molecular flexibility index (Phi) is 3.65. The highest BCUT2D eigenvalue weighted by atomic mass is 16.5. The minimum absolute atomic E-state index is 0.332. The summed E-state index contributed by atoms with van der Waals surface area (Å²) < 4.78 is 7.31. The molecule has 2 aromatic rings. The molecule has 122 valence electrons. The van der Waals surface area contributed by atoms with Crippen LogP contribution in [0.15, 0.2) is 18.5 Å². The monoisotopic (exact) mass is 314 g/mol. The Hall–Kier alpha value is -2.15. The lowest BCUT2D eigenvalue weighted by atomic mass is 10.0. The normalized spacial score (nSPS) is 20.8. The largest absolute Gasteiger partial charge is 0.381 e. The van der Waals surface area contributed by atoms with Crippen LogP contribution in [0.3, 0.4) is 0 Å². The second-order valence-electron chi connectivity index (χ2n) is 6.45. The highest BCUT2D eigenvalue weighted by molar-refractivity contribution is 5.47. The molecule has 7 nitrogen and oxygen atoms in total. The first-order valence-corrected chi connectivity index (χ1v) is 8.15. The molecule has 2 N–H and O–H groups in total. The lowest BCUT2D eigenvalue weighted by Gasteiger charge is -2.24. The summed E-state index contributed by atoms with van der Waals surface area (Å²) in [6.45, 7) is 2.32. The first-order valence-electron chi connectivity index (χ1n) is 8.15. The number of ether oxygens (including phenoxy) is 1. The molecule has 4 rings (SSSR count). The van der Waals surface area contributed by atoms with E-state index >= 15 is 0 Å². The van der Waals surface area contributed by atoms with Crippen molar-refractivity contribution in [2.75, 3.05) is 23.8 Å². The van der Waals surface area contributed by atoms with Crippen LogP contribution in [0.5, 0.6) is 0 Å². The van der Waals surface area contributed by atoms with Crippen molar-refractivity contribution >= 4 is 11.8 Å². The first kappa shape index (κ1) is 14.4. The van der Waals surface area contributed by atoms with Crippen molar-refractivity contribution in [3.05, 3.63) is 29.7 Å². The molecule has 0 bridgehead atoms. The number of rotatable bonds is 5. The van der Waals surface area contributed by atoms with Crippen LogP contribution in [-0.2, 0) is 18.3 Å². The molecule has 0 radical (unpaired) electrons. The van der Waals surface area contributed by atoms with Gasteiger partial charge in [0.25, 0.3) is 0 Å². The molecule has 0 amide bonds. The van der Waals surface area contributed by atoms with Gasteiger partial charge in [0.15, 0.2) is 0 Å². The molecule has 0 spiro atoms. The molecule has 1 atom stereocenters.